The summed E-state index contributed by atoms with van der Waals surface area (Å²) in [5, 5.41) is 18.3. The van der Waals surface area contributed by atoms with Crippen molar-refractivity contribution >= 4 is 29.5 Å². The van der Waals surface area contributed by atoms with E-state index >= 15 is 0 Å². The Hall–Kier alpha value is -4.45. The summed E-state index contributed by atoms with van der Waals surface area (Å²) in [6, 6.07) is 13.0. The van der Waals surface area contributed by atoms with Crippen molar-refractivity contribution in [2.24, 2.45) is 0 Å². The standard InChI is InChI=1S/C34H43N5O7/c1-22-31(42)37-28(33(44)38-18-15-25(40)16-19-38)20-24-9-12-26(13-10-24)46-21-30(41)36-27(14-11-23-6-3-2-4-7-23)34(45)39-17-5-8-29(39)32(43)35-22/h2-4,6-7,9-10,12-13,22,25,27-29,40H,5,8,11,14-21H2,1H3,(H,35,43)(H,36,41)(H,37,42)/t22-,27-,28-,29-/m0/s1. The summed E-state index contributed by atoms with van der Waals surface area (Å²) < 4.78 is 5.73. The van der Waals surface area contributed by atoms with E-state index in [9.17, 15) is 29.1 Å². The molecule has 46 heavy (non-hydrogen) atoms. The van der Waals surface area contributed by atoms with Crippen LogP contribution in [0.1, 0.15) is 50.2 Å². The molecule has 0 radical (unpaired) electrons. The molecule has 2 aromatic carbocycles. The lowest BCUT2D eigenvalue weighted by Gasteiger charge is -2.33. The van der Waals surface area contributed by atoms with Gasteiger partial charge >= 0.3 is 0 Å². The van der Waals surface area contributed by atoms with Gasteiger partial charge in [-0.25, -0.2) is 0 Å². The van der Waals surface area contributed by atoms with Gasteiger partial charge in [0.15, 0.2) is 6.61 Å². The highest BCUT2D eigenvalue weighted by molar-refractivity contribution is 5.96. The zero-order chi connectivity index (χ0) is 32.6. The number of hydrogen-bond donors (Lipinski definition) is 4. The van der Waals surface area contributed by atoms with Crippen molar-refractivity contribution in [2.75, 3.05) is 26.2 Å². The van der Waals surface area contributed by atoms with Gasteiger partial charge in [-0.15, -0.1) is 0 Å². The average Bonchev–Trinajstić information content (AvgIpc) is 3.56. The molecule has 0 saturated carbocycles. The fourth-order valence-electron chi connectivity index (χ4n) is 6.24. The smallest absolute Gasteiger partial charge is 0.258 e. The van der Waals surface area contributed by atoms with Crippen LogP contribution in [0.3, 0.4) is 0 Å². The molecule has 6 rings (SSSR count). The lowest BCUT2D eigenvalue weighted by Crippen LogP contribution is -2.58. The number of nitrogens with zero attached hydrogens (tertiary/aromatic N) is 2. The SMILES string of the molecule is C[C@@H]1NC(=O)[C@@H]2CCCN2C(=O)[C@H](CCc2ccccc2)NC(=O)COc2ccc(cc2)C[C@@H](C(=O)N2CCC(O)CC2)NC1=O. The van der Waals surface area contributed by atoms with Gasteiger partial charge < -0.3 is 35.6 Å². The van der Waals surface area contributed by atoms with Crippen LogP contribution in [0, 0.1) is 0 Å². The van der Waals surface area contributed by atoms with Crippen molar-refractivity contribution in [3.63, 3.8) is 0 Å². The van der Waals surface area contributed by atoms with Crippen LogP contribution in [-0.4, -0.2) is 101 Å². The molecule has 0 unspecified atom stereocenters. The number of hydrogen-bond acceptors (Lipinski definition) is 7. The Morgan fingerprint density at radius 3 is 2.33 bits per heavy atom. The maximum Gasteiger partial charge on any atom is 0.258 e. The topological polar surface area (TPSA) is 157 Å². The molecule has 4 aliphatic heterocycles. The van der Waals surface area contributed by atoms with Crippen LogP contribution in [0.4, 0.5) is 0 Å². The number of piperidine rings is 1. The maximum atomic E-state index is 13.9. The largest absolute Gasteiger partial charge is 0.484 e. The zero-order valence-corrected chi connectivity index (χ0v) is 26.2. The fourth-order valence-corrected chi connectivity index (χ4v) is 6.24. The number of aryl methyl sites for hydroxylation is 1. The van der Waals surface area contributed by atoms with Crippen LogP contribution >= 0.6 is 0 Å². The van der Waals surface area contributed by atoms with Crippen LogP contribution in [0.25, 0.3) is 0 Å². The number of carbonyl (C=O) groups excluding carboxylic acids is 5. The number of aliphatic hydroxyl groups excluding tert-OH is 1. The average molecular weight is 634 g/mol. The number of likely N-dealkylation sites (tertiary alicyclic amines) is 1. The summed E-state index contributed by atoms with van der Waals surface area (Å²) >= 11 is 0. The van der Waals surface area contributed by atoms with Crippen molar-refractivity contribution in [1.29, 1.82) is 0 Å². The first-order valence-corrected chi connectivity index (χ1v) is 16.1. The Labute approximate surface area is 268 Å². The van der Waals surface area contributed by atoms with E-state index in [0.29, 0.717) is 63.9 Å². The molecule has 2 saturated heterocycles. The molecule has 246 valence electrons. The van der Waals surface area contributed by atoms with E-state index in [-0.39, 0.29) is 24.8 Å². The molecule has 4 aliphatic rings. The van der Waals surface area contributed by atoms with E-state index in [0.717, 1.165) is 11.1 Å². The van der Waals surface area contributed by atoms with Gasteiger partial charge in [0, 0.05) is 26.1 Å². The summed E-state index contributed by atoms with van der Waals surface area (Å²) in [7, 11) is 0. The van der Waals surface area contributed by atoms with Crippen LogP contribution < -0.4 is 20.7 Å². The summed E-state index contributed by atoms with van der Waals surface area (Å²) in [6.07, 6.45) is 2.55. The number of nitrogens with one attached hydrogen (secondary N) is 3. The number of amides is 5. The summed E-state index contributed by atoms with van der Waals surface area (Å²) in [5.41, 5.74) is 1.77. The number of aliphatic hydroxyl groups is 1. The number of benzene rings is 2. The first-order chi connectivity index (χ1) is 22.2. The molecular weight excluding hydrogens is 590 g/mol. The second-order valence-corrected chi connectivity index (χ2v) is 12.3. The highest BCUT2D eigenvalue weighted by atomic mass is 16.5. The second-order valence-electron chi connectivity index (χ2n) is 12.3. The first kappa shape index (κ1) is 32.9. The summed E-state index contributed by atoms with van der Waals surface area (Å²) in [4.78, 5) is 70.4. The molecule has 4 heterocycles. The van der Waals surface area contributed by atoms with Crippen LogP contribution in [0.15, 0.2) is 54.6 Å². The normalized spacial score (nSPS) is 25.3. The molecule has 12 heteroatoms. The lowest BCUT2D eigenvalue weighted by molar-refractivity contribution is -0.142. The third kappa shape index (κ3) is 8.42. The van der Waals surface area contributed by atoms with E-state index in [1.165, 1.54) is 4.90 Å². The van der Waals surface area contributed by atoms with E-state index in [1.54, 1.807) is 36.1 Å². The van der Waals surface area contributed by atoms with Crippen LogP contribution in [0.5, 0.6) is 5.75 Å². The predicted molar refractivity (Wildman–Crippen MR) is 168 cm³/mol. The first-order valence-electron chi connectivity index (χ1n) is 16.1. The molecule has 2 bridgehead atoms. The third-order valence-corrected chi connectivity index (χ3v) is 8.91. The monoisotopic (exact) mass is 633 g/mol. The van der Waals surface area contributed by atoms with E-state index in [1.807, 2.05) is 30.3 Å². The maximum absolute atomic E-state index is 13.9. The van der Waals surface area contributed by atoms with E-state index in [4.69, 9.17) is 4.74 Å². The molecule has 5 amide bonds. The van der Waals surface area contributed by atoms with Gasteiger partial charge in [0.05, 0.1) is 6.10 Å². The Morgan fingerprint density at radius 2 is 1.61 bits per heavy atom. The van der Waals surface area contributed by atoms with E-state index < -0.39 is 48.0 Å². The molecule has 0 spiro atoms. The molecule has 2 fully saturated rings. The number of carbonyl (C=O) groups is 5. The fraction of sp³-hybridized carbons (Fsp3) is 0.500. The third-order valence-electron chi connectivity index (χ3n) is 8.91. The minimum absolute atomic E-state index is 0.194. The molecule has 4 N–H and O–H groups in total. The lowest BCUT2D eigenvalue weighted by atomic mass is 10.0. The van der Waals surface area contributed by atoms with E-state index in [2.05, 4.69) is 16.0 Å². The van der Waals surface area contributed by atoms with Gasteiger partial charge in [0.1, 0.15) is 29.9 Å². The predicted octanol–water partition coefficient (Wildman–Crippen LogP) is 0.703. The van der Waals surface area contributed by atoms with Crippen molar-refractivity contribution < 1.29 is 33.8 Å². The Balaban J connectivity index is 1.37. The number of rotatable bonds is 4. The molecule has 0 aromatic heterocycles. The van der Waals surface area contributed by atoms with Gasteiger partial charge in [-0.05, 0) is 68.7 Å². The Morgan fingerprint density at radius 1 is 0.891 bits per heavy atom. The quantitative estimate of drug-likeness (QED) is 0.386. The minimum Gasteiger partial charge on any atom is -0.484 e. The van der Waals surface area contributed by atoms with Gasteiger partial charge in [0.2, 0.25) is 23.6 Å². The molecular formula is C34H43N5O7. The van der Waals surface area contributed by atoms with Gasteiger partial charge in [0.25, 0.3) is 5.91 Å². The summed E-state index contributed by atoms with van der Waals surface area (Å²) in [5.74, 6) is -1.65. The van der Waals surface area contributed by atoms with Crippen molar-refractivity contribution in [1.82, 2.24) is 25.8 Å². The second kappa shape index (κ2) is 15.2. The van der Waals surface area contributed by atoms with Crippen LogP contribution in [-0.2, 0) is 36.8 Å². The molecule has 2 aromatic rings. The summed E-state index contributed by atoms with van der Waals surface area (Å²) in [6.45, 7) is 2.34. The van der Waals surface area contributed by atoms with Gasteiger partial charge in [-0.2, -0.15) is 0 Å². The van der Waals surface area contributed by atoms with Crippen LogP contribution in [0.2, 0.25) is 0 Å². The Kier molecular flexibility index (Phi) is 10.9. The molecule has 0 aliphatic carbocycles. The Bertz CT molecular complexity index is 1390. The molecule has 4 atom stereocenters. The van der Waals surface area contributed by atoms with Crippen molar-refractivity contribution in [3.05, 3.63) is 65.7 Å². The number of ether oxygens (including phenoxy) is 1. The van der Waals surface area contributed by atoms with Crippen molar-refractivity contribution in [3.8, 4) is 5.75 Å². The van der Waals surface area contributed by atoms with Crippen molar-refractivity contribution in [2.45, 2.75) is 82.1 Å². The van der Waals surface area contributed by atoms with Gasteiger partial charge in [-0.1, -0.05) is 42.5 Å². The number of fused-ring (bicyclic) bond motifs is 13. The highest BCUT2D eigenvalue weighted by Gasteiger charge is 2.39. The highest BCUT2D eigenvalue weighted by Crippen LogP contribution is 2.21. The zero-order valence-electron chi connectivity index (χ0n) is 26.2. The minimum atomic E-state index is -0.977. The van der Waals surface area contributed by atoms with Gasteiger partial charge in [-0.3, -0.25) is 24.0 Å². The molecule has 12 nitrogen and oxygen atoms in total.